The highest BCUT2D eigenvalue weighted by Gasteiger charge is 1.99. The third-order valence-electron chi connectivity index (χ3n) is 2.27. The van der Waals surface area contributed by atoms with Crippen LogP contribution in [0.15, 0.2) is 36.7 Å². The number of ether oxygens (including phenoxy) is 1. The number of aromatic amines is 1. The van der Waals surface area contributed by atoms with Gasteiger partial charge in [-0.15, -0.1) is 0 Å². The summed E-state index contributed by atoms with van der Waals surface area (Å²) in [5.74, 6) is 0.859. The summed E-state index contributed by atoms with van der Waals surface area (Å²) in [7, 11) is 0. The van der Waals surface area contributed by atoms with E-state index in [9.17, 15) is 4.79 Å². The number of benzene rings is 1. The van der Waals surface area contributed by atoms with Crippen molar-refractivity contribution in [1.29, 1.82) is 0 Å². The van der Waals surface area contributed by atoms with Crippen LogP contribution in [-0.4, -0.2) is 27.7 Å². The van der Waals surface area contributed by atoms with E-state index < -0.39 is 0 Å². The molecule has 2 rings (SSSR count). The summed E-state index contributed by atoms with van der Waals surface area (Å²) in [5.41, 5.74) is 0.913. The normalized spacial score (nSPS) is 10.6. The van der Waals surface area contributed by atoms with Gasteiger partial charge in [0.1, 0.15) is 12.1 Å². The summed E-state index contributed by atoms with van der Waals surface area (Å²) in [6.45, 7) is 2.57. The molecule has 6 nitrogen and oxygen atoms in total. The third kappa shape index (κ3) is 3.95. The van der Waals surface area contributed by atoms with E-state index in [1.54, 1.807) is 6.08 Å². The van der Waals surface area contributed by atoms with Crippen molar-refractivity contribution in [2.45, 2.75) is 6.92 Å². The fourth-order valence-electron chi connectivity index (χ4n) is 1.44. The highest BCUT2D eigenvalue weighted by molar-refractivity contribution is 6.00. The van der Waals surface area contributed by atoms with Gasteiger partial charge in [-0.05, 0) is 30.7 Å². The quantitative estimate of drug-likeness (QED) is 0.802. The van der Waals surface area contributed by atoms with Crippen molar-refractivity contribution in [1.82, 2.24) is 15.2 Å². The van der Waals surface area contributed by atoms with Crippen LogP contribution in [0.3, 0.4) is 0 Å². The Labute approximate surface area is 110 Å². The molecule has 1 aromatic carbocycles. The van der Waals surface area contributed by atoms with Gasteiger partial charge in [0.15, 0.2) is 0 Å². The number of nitrogens with one attached hydrogen (secondary N) is 2. The molecule has 2 aromatic rings. The first-order valence-corrected chi connectivity index (χ1v) is 5.85. The van der Waals surface area contributed by atoms with E-state index in [2.05, 4.69) is 20.5 Å². The van der Waals surface area contributed by atoms with Crippen molar-refractivity contribution in [2.75, 3.05) is 11.9 Å². The molecule has 6 heteroatoms. The number of aromatic nitrogens is 3. The molecule has 0 aliphatic heterocycles. The Balaban J connectivity index is 1.92. The predicted molar refractivity (Wildman–Crippen MR) is 71.7 cm³/mol. The van der Waals surface area contributed by atoms with Gasteiger partial charge in [0.05, 0.1) is 6.61 Å². The van der Waals surface area contributed by atoms with Crippen LogP contribution in [0.5, 0.6) is 5.75 Å². The Morgan fingerprint density at radius 3 is 2.84 bits per heavy atom. The molecule has 0 spiro atoms. The fraction of sp³-hybridized carbons (Fsp3) is 0.154. The second kappa shape index (κ2) is 6.34. The highest BCUT2D eigenvalue weighted by Crippen LogP contribution is 2.13. The average molecular weight is 258 g/mol. The molecule has 0 atom stereocenters. The lowest BCUT2D eigenvalue weighted by atomic mass is 10.2. The molecule has 0 aliphatic carbocycles. The standard InChI is InChI=1S/C13H14N4O2/c1-2-19-11-6-3-10(4-7-11)5-8-12(18)16-13-14-9-15-17-13/h3-9H,2H2,1H3,(H2,14,15,16,17,18). The molecule has 2 N–H and O–H groups in total. The second-order valence-electron chi connectivity index (χ2n) is 3.66. The van der Waals surface area contributed by atoms with Crippen molar-refractivity contribution >= 4 is 17.9 Å². The van der Waals surface area contributed by atoms with Gasteiger partial charge in [-0.25, -0.2) is 5.10 Å². The van der Waals surface area contributed by atoms with Crippen LogP contribution >= 0.6 is 0 Å². The molecule has 0 unspecified atom stereocenters. The van der Waals surface area contributed by atoms with Crippen LogP contribution in [0.1, 0.15) is 12.5 Å². The smallest absolute Gasteiger partial charge is 0.250 e. The Morgan fingerprint density at radius 2 is 2.21 bits per heavy atom. The number of hydrogen-bond acceptors (Lipinski definition) is 4. The van der Waals surface area contributed by atoms with Crippen LogP contribution in [0.4, 0.5) is 5.95 Å². The van der Waals surface area contributed by atoms with Gasteiger partial charge in [0.25, 0.3) is 5.91 Å². The predicted octanol–water partition coefficient (Wildman–Crippen LogP) is 1.86. The molecule has 0 saturated heterocycles. The van der Waals surface area contributed by atoms with Crippen LogP contribution in [-0.2, 0) is 4.79 Å². The van der Waals surface area contributed by atoms with Gasteiger partial charge in [-0.1, -0.05) is 12.1 Å². The number of carbonyl (C=O) groups is 1. The lowest BCUT2D eigenvalue weighted by Gasteiger charge is -2.02. The van der Waals surface area contributed by atoms with Gasteiger partial charge < -0.3 is 4.74 Å². The summed E-state index contributed by atoms with van der Waals surface area (Å²) < 4.78 is 5.33. The Morgan fingerprint density at radius 1 is 1.42 bits per heavy atom. The average Bonchev–Trinajstić information content (AvgIpc) is 2.91. The molecule has 1 amide bonds. The van der Waals surface area contributed by atoms with E-state index in [4.69, 9.17) is 4.74 Å². The van der Waals surface area contributed by atoms with Crippen molar-refractivity contribution in [3.8, 4) is 5.75 Å². The van der Waals surface area contributed by atoms with Crippen molar-refractivity contribution in [3.63, 3.8) is 0 Å². The summed E-state index contributed by atoms with van der Waals surface area (Å²) in [6, 6.07) is 7.47. The van der Waals surface area contributed by atoms with Crippen molar-refractivity contribution < 1.29 is 9.53 Å². The molecule has 98 valence electrons. The maximum Gasteiger partial charge on any atom is 0.250 e. The third-order valence-corrected chi connectivity index (χ3v) is 2.27. The number of nitrogens with zero attached hydrogens (tertiary/aromatic N) is 2. The van der Waals surface area contributed by atoms with Gasteiger partial charge in [-0.2, -0.15) is 10.1 Å². The van der Waals surface area contributed by atoms with Crippen molar-refractivity contribution in [2.24, 2.45) is 0 Å². The maximum atomic E-state index is 11.5. The first-order valence-electron chi connectivity index (χ1n) is 5.85. The fourth-order valence-corrected chi connectivity index (χ4v) is 1.44. The van der Waals surface area contributed by atoms with Gasteiger partial charge in [0, 0.05) is 6.08 Å². The number of carbonyl (C=O) groups excluding carboxylic acids is 1. The molecule has 19 heavy (non-hydrogen) atoms. The second-order valence-corrected chi connectivity index (χ2v) is 3.66. The summed E-state index contributed by atoms with van der Waals surface area (Å²) in [4.78, 5) is 15.3. The number of amides is 1. The van der Waals surface area contributed by atoms with Crippen LogP contribution in [0, 0.1) is 0 Å². The Bertz CT molecular complexity index is 547. The van der Waals surface area contributed by atoms with E-state index in [1.807, 2.05) is 31.2 Å². The molecule has 1 heterocycles. The van der Waals surface area contributed by atoms with E-state index in [1.165, 1.54) is 12.4 Å². The summed E-state index contributed by atoms with van der Waals surface area (Å²) in [6.07, 6.45) is 4.46. The zero-order valence-corrected chi connectivity index (χ0v) is 10.5. The minimum absolute atomic E-state index is 0.273. The van der Waals surface area contributed by atoms with Crippen molar-refractivity contribution in [3.05, 3.63) is 42.2 Å². The van der Waals surface area contributed by atoms with Crippen LogP contribution in [0.2, 0.25) is 0 Å². The molecular formula is C13H14N4O2. The molecule has 0 bridgehead atoms. The first-order chi connectivity index (χ1) is 9.28. The maximum absolute atomic E-state index is 11.5. The van der Waals surface area contributed by atoms with Crippen LogP contribution in [0.25, 0.3) is 6.08 Å². The molecule has 1 aromatic heterocycles. The minimum Gasteiger partial charge on any atom is -0.494 e. The lowest BCUT2D eigenvalue weighted by Crippen LogP contribution is -2.08. The molecule has 0 aliphatic rings. The number of rotatable bonds is 5. The van der Waals surface area contributed by atoms with E-state index in [0.29, 0.717) is 12.6 Å². The summed E-state index contributed by atoms with van der Waals surface area (Å²) in [5, 5.41) is 8.72. The largest absolute Gasteiger partial charge is 0.494 e. The monoisotopic (exact) mass is 258 g/mol. The Kier molecular flexibility index (Phi) is 4.28. The van der Waals surface area contributed by atoms with E-state index >= 15 is 0 Å². The van der Waals surface area contributed by atoms with Gasteiger partial charge >= 0.3 is 0 Å². The molecular weight excluding hydrogens is 244 g/mol. The molecule has 0 radical (unpaired) electrons. The molecule has 0 fully saturated rings. The lowest BCUT2D eigenvalue weighted by molar-refractivity contribution is -0.111. The zero-order valence-electron chi connectivity index (χ0n) is 10.5. The zero-order chi connectivity index (χ0) is 13.5. The number of anilines is 1. The van der Waals surface area contributed by atoms with Crippen LogP contribution < -0.4 is 10.1 Å². The SMILES string of the molecule is CCOc1ccc(C=CC(=O)Nc2ncn[nH]2)cc1. The molecule has 0 saturated carbocycles. The topological polar surface area (TPSA) is 79.9 Å². The van der Waals surface area contributed by atoms with E-state index in [0.717, 1.165) is 11.3 Å². The van der Waals surface area contributed by atoms with Gasteiger partial charge in [-0.3, -0.25) is 10.1 Å². The first kappa shape index (κ1) is 12.8. The highest BCUT2D eigenvalue weighted by atomic mass is 16.5. The van der Waals surface area contributed by atoms with E-state index in [-0.39, 0.29) is 5.91 Å². The number of H-pyrrole nitrogens is 1. The Hall–Kier alpha value is -2.63. The summed E-state index contributed by atoms with van der Waals surface area (Å²) >= 11 is 0. The van der Waals surface area contributed by atoms with Gasteiger partial charge in [0.2, 0.25) is 5.95 Å². The minimum atomic E-state index is -0.273. The number of hydrogen-bond donors (Lipinski definition) is 2.